The van der Waals surface area contributed by atoms with E-state index in [-0.39, 0.29) is 12.0 Å². The van der Waals surface area contributed by atoms with Gasteiger partial charge in [-0.05, 0) is 30.5 Å². The van der Waals surface area contributed by atoms with Crippen molar-refractivity contribution in [2.45, 2.75) is 25.4 Å². The highest BCUT2D eigenvalue weighted by Crippen LogP contribution is 2.27. The first kappa shape index (κ1) is 12.0. The Bertz CT molecular complexity index is 437. The van der Waals surface area contributed by atoms with Gasteiger partial charge in [0.2, 0.25) is 0 Å². The molecule has 0 radical (unpaired) electrons. The van der Waals surface area contributed by atoms with Crippen LogP contribution in [0.25, 0.3) is 0 Å². The second kappa shape index (κ2) is 4.79. The van der Waals surface area contributed by atoms with Crippen LogP contribution < -0.4 is 5.32 Å². The van der Waals surface area contributed by atoms with E-state index in [0.717, 1.165) is 18.6 Å². The fourth-order valence-electron chi connectivity index (χ4n) is 1.94. The molecule has 92 valence electrons. The summed E-state index contributed by atoms with van der Waals surface area (Å²) in [6.07, 6.45) is 1.48. The smallest absolute Gasteiger partial charge is 0.308 e. The molecule has 17 heavy (non-hydrogen) atoms. The molecular formula is C12H13F2NO2. The van der Waals surface area contributed by atoms with Gasteiger partial charge >= 0.3 is 5.97 Å². The highest BCUT2D eigenvalue weighted by molar-refractivity contribution is 5.72. The van der Waals surface area contributed by atoms with E-state index in [1.54, 1.807) is 0 Å². The molecule has 1 aliphatic rings. The largest absolute Gasteiger partial charge is 0.481 e. The van der Waals surface area contributed by atoms with Crippen molar-refractivity contribution in [2.75, 3.05) is 0 Å². The lowest BCUT2D eigenvalue weighted by molar-refractivity contribution is -0.146. The summed E-state index contributed by atoms with van der Waals surface area (Å²) in [5, 5.41) is 11.9. The first-order valence-electron chi connectivity index (χ1n) is 5.48. The Morgan fingerprint density at radius 2 is 2.12 bits per heavy atom. The van der Waals surface area contributed by atoms with Crippen LogP contribution in [0.1, 0.15) is 18.4 Å². The fourth-order valence-corrected chi connectivity index (χ4v) is 1.94. The monoisotopic (exact) mass is 241 g/mol. The van der Waals surface area contributed by atoms with Gasteiger partial charge in [-0.15, -0.1) is 0 Å². The highest BCUT2D eigenvalue weighted by atomic mass is 19.2. The van der Waals surface area contributed by atoms with E-state index < -0.39 is 17.6 Å². The molecule has 1 saturated carbocycles. The van der Waals surface area contributed by atoms with Crippen LogP contribution in [-0.4, -0.2) is 17.1 Å². The predicted molar refractivity (Wildman–Crippen MR) is 57.3 cm³/mol. The number of carbonyl (C=O) groups is 1. The normalized spacial score (nSPS) is 23.2. The Labute approximate surface area is 97.5 Å². The van der Waals surface area contributed by atoms with Crippen molar-refractivity contribution in [1.29, 1.82) is 0 Å². The molecule has 3 nitrogen and oxygen atoms in total. The maximum absolute atomic E-state index is 12.9. The third kappa shape index (κ3) is 2.61. The summed E-state index contributed by atoms with van der Waals surface area (Å²) >= 11 is 0. The number of nitrogens with one attached hydrogen (secondary N) is 1. The third-order valence-electron chi connectivity index (χ3n) is 3.14. The quantitative estimate of drug-likeness (QED) is 0.846. The lowest BCUT2D eigenvalue weighted by atomic mass is 9.79. The van der Waals surface area contributed by atoms with Gasteiger partial charge in [-0.1, -0.05) is 6.07 Å². The number of carboxylic acid groups (broad SMARTS) is 1. The van der Waals surface area contributed by atoms with E-state index in [1.165, 1.54) is 6.07 Å². The molecule has 0 aromatic heterocycles. The zero-order valence-corrected chi connectivity index (χ0v) is 9.12. The number of halogens is 2. The van der Waals surface area contributed by atoms with Crippen molar-refractivity contribution in [2.24, 2.45) is 5.92 Å². The third-order valence-corrected chi connectivity index (χ3v) is 3.14. The summed E-state index contributed by atoms with van der Waals surface area (Å²) in [5.74, 6) is -2.92. The standard InChI is InChI=1S/C12H13F2NO2/c13-9-3-1-7(5-10(9)14)6-15-11-4-2-8(11)12(16)17/h1,3,5,8,11,15H,2,4,6H2,(H,16,17). The fraction of sp³-hybridized carbons (Fsp3) is 0.417. The van der Waals surface area contributed by atoms with Gasteiger partial charge in [-0.3, -0.25) is 4.79 Å². The number of aliphatic carboxylic acids is 1. The van der Waals surface area contributed by atoms with Gasteiger partial charge in [0.05, 0.1) is 5.92 Å². The summed E-state index contributed by atoms with van der Waals surface area (Å²) < 4.78 is 25.6. The average Bonchev–Trinajstić information content (AvgIpc) is 2.21. The van der Waals surface area contributed by atoms with Crippen molar-refractivity contribution in [3.63, 3.8) is 0 Å². The van der Waals surface area contributed by atoms with Crippen LogP contribution in [0.2, 0.25) is 0 Å². The molecule has 1 aromatic carbocycles. The van der Waals surface area contributed by atoms with Crippen LogP contribution in [0.3, 0.4) is 0 Å². The second-order valence-electron chi connectivity index (χ2n) is 4.26. The summed E-state index contributed by atoms with van der Waals surface area (Å²) in [4.78, 5) is 10.8. The minimum Gasteiger partial charge on any atom is -0.481 e. The van der Waals surface area contributed by atoms with Crippen molar-refractivity contribution < 1.29 is 18.7 Å². The zero-order valence-electron chi connectivity index (χ0n) is 9.12. The molecule has 0 saturated heterocycles. The molecule has 0 bridgehead atoms. The SMILES string of the molecule is O=C(O)C1CCC1NCc1ccc(F)c(F)c1. The molecule has 0 amide bonds. The maximum atomic E-state index is 12.9. The molecule has 1 aliphatic carbocycles. The Kier molecular flexibility index (Phi) is 3.38. The molecule has 2 atom stereocenters. The molecule has 0 heterocycles. The summed E-state index contributed by atoms with van der Waals surface area (Å²) in [6, 6.07) is 3.61. The highest BCUT2D eigenvalue weighted by Gasteiger charge is 2.35. The molecule has 5 heteroatoms. The molecule has 2 N–H and O–H groups in total. The predicted octanol–water partition coefficient (Wildman–Crippen LogP) is 1.92. The summed E-state index contributed by atoms with van der Waals surface area (Å²) in [7, 11) is 0. The van der Waals surface area contributed by atoms with Gasteiger partial charge in [-0.25, -0.2) is 8.78 Å². The van der Waals surface area contributed by atoms with E-state index in [9.17, 15) is 13.6 Å². The van der Waals surface area contributed by atoms with Gasteiger partial charge in [-0.2, -0.15) is 0 Å². The van der Waals surface area contributed by atoms with E-state index in [0.29, 0.717) is 18.5 Å². The Morgan fingerprint density at radius 3 is 2.65 bits per heavy atom. The first-order chi connectivity index (χ1) is 8.08. The molecule has 0 spiro atoms. The number of benzene rings is 1. The van der Waals surface area contributed by atoms with Crippen LogP contribution in [0, 0.1) is 17.6 Å². The molecule has 0 aliphatic heterocycles. The number of rotatable bonds is 4. The van der Waals surface area contributed by atoms with E-state index >= 15 is 0 Å². The summed E-state index contributed by atoms with van der Waals surface area (Å²) in [6.45, 7) is 0.353. The van der Waals surface area contributed by atoms with E-state index in [4.69, 9.17) is 5.11 Å². The minimum absolute atomic E-state index is 0.0689. The lowest BCUT2D eigenvalue weighted by Crippen LogP contribution is -2.47. The number of hydrogen-bond acceptors (Lipinski definition) is 2. The topological polar surface area (TPSA) is 49.3 Å². The van der Waals surface area contributed by atoms with E-state index in [2.05, 4.69) is 5.32 Å². The molecule has 1 aromatic rings. The lowest BCUT2D eigenvalue weighted by Gasteiger charge is -2.34. The molecule has 2 rings (SSSR count). The van der Waals surface area contributed by atoms with E-state index in [1.807, 2.05) is 0 Å². The van der Waals surface area contributed by atoms with Crippen molar-refractivity contribution >= 4 is 5.97 Å². The van der Waals surface area contributed by atoms with Crippen molar-refractivity contribution in [3.8, 4) is 0 Å². The molecule has 2 unspecified atom stereocenters. The van der Waals surface area contributed by atoms with Gasteiger partial charge < -0.3 is 10.4 Å². The zero-order chi connectivity index (χ0) is 12.4. The van der Waals surface area contributed by atoms with Crippen molar-refractivity contribution in [1.82, 2.24) is 5.32 Å². The molecule has 1 fully saturated rings. The van der Waals surface area contributed by atoms with Crippen LogP contribution in [0.5, 0.6) is 0 Å². The Hall–Kier alpha value is -1.49. The van der Waals surface area contributed by atoms with Gasteiger partial charge in [0, 0.05) is 12.6 Å². The number of carboxylic acids is 1. The number of hydrogen-bond donors (Lipinski definition) is 2. The Morgan fingerprint density at radius 1 is 1.35 bits per heavy atom. The second-order valence-corrected chi connectivity index (χ2v) is 4.26. The average molecular weight is 241 g/mol. The molecular weight excluding hydrogens is 228 g/mol. The van der Waals surface area contributed by atoms with Crippen molar-refractivity contribution in [3.05, 3.63) is 35.4 Å². The van der Waals surface area contributed by atoms with Crippen LogP contribution in [0.15, 0.2) is 18.2 Å². The summed E-state index contributed by atoms with van der Waals surface area (Å²) in [5.41, 5.74) is 0.611. The van der Waals surface area contributed by atoms with Gasteiger partial charge in [0.15, 0.2) is 11.6 Å². The van der Waals surface area contributed by atoms with Gasteiger partial charge in [0.25, 0.3) is 0 Å². The minimum atomic E-state index is -0.882. The first-order valence-corrected chi connectivity index (χ1v) is 5.48. The van der Waals surface area contributed by atoms with Gasteiger partial charge in [0.1, 0.15) is 0 Å². The van der Waals surface area contributed by atoms with Crippen LogP contribution >= 0.6 is 0 Å². The van der Waals surface area contributed by atoms with Crippen LogP contribution in [0.4, 0.5) is 8.78 Å². The van der Waals surface area contributed by atoms with Crippen LogP contribution in [-0.2, 0) is 11.3 Å². The Balaban J connectivity index is 1.90. The maximum Gasteiger partial charge on any atom is 0.308 e.